The Kier molecular flexibility index (Phi) is 7.28. The quantitative estimate of drug-likeness (QED) is 0.758. The Labute approximate surface area is 166 Å². The van der Waals surface area contributed by atoms with Gasteiger partial charge in [0.25, 0.3) is 5.91 Å². The summed E-state index contributed by atoms with van der Waals surface area (Å²) in [5, 5.41) is 2.95. The number of methoxy groups -OCH3 is 1. The molecule has 1 saturated heterocycles. The Morgan fingerprint density at radius 1 is 1.11 bits per heavy atom. The summed E-state index contributed by atoms with van der Waals surface area (Å²) in [5.41, 5.74) is 2.32. The zero-order valence-electron chi connectivity index (χ0n) is 16.5. The van der Waals surface area contributed by atoms with Crippen molar-refractivity contribution >= 4 is 5.91 Å². The Morgan fingerprint density at radius 3 is 2.57 bits per heavy atom. The van der Waals surface area contributed by atoms with Crippen molar-refractivity contribution < 1.29 is 19.0 Å². The van der Waals surface area contributed by atoms with Crippen LogP contribution in [0.2, 0.25) is 0 Å². The van der Waals surface area contributed by atoms with E-state index in [0.29, 0.717) is 18.0 Å². The maximum absolute atomic E-state index is 12.4. The van der Waals surface area contributed by atoms with Gasteiger partial charge < -0.3 is 19.5 Å². The van der Waals surface area contributed by atoms with E-state index in [1.54, 1.807) is 26.2 Å². The van der Waals surface area contributed by atoms with E-state index in [4.69, 9.17) is 14.2 Å². The summed E-state index contributed by atoms with van der Waals surface area (Å²) in [4.78, 5) is 14.8. The summed E-state index contributed by atoms with van der Waals surface area (Å²) < 4.78 is 16.4. The molecule has 28 heavy (non-hydrogen) atoms. The number of ether oxygens (including phenoxy) is 3. The molecule has 3 rings (SSSR count). The fourth-order valence-corrected chi connectivity index (χ4v) is 3.15. The smallest absolute Gasteiger partial charge is 0.261 e. The normalized spacial score (nSPS) is 15.6. The molecule has 0 spiro atoms. The molecule has 1 unspecified atom stereocenters. The van der Waals surface area contributed by atoms with Crippen LogP contribution in [0, 0.1) is 0 Å². The van der Waals surface area contributed by atoms with Crippen LogP contribution in [-0.4, -0.2) is 50.3 Å². The Morgan fingerprint density at radius 2 is 1.82 bits per heavy atom. The molecule has 1 atom stereocenters. The molecule has 150 valence electrons. The standard InChI is InChI=1S/C22H28N2O4/c1-17(28-21-9-4-3-8-20(21)26-2)22(25)23-15-18-6-5-7-19(14-18)16-24-10-12-27-13-11-24/h3-9,14,17H,10-13,15-16H2,1-2H3,(H,23,25). The second-order valence-corrected chi connectivity index (χ2v) is 6.84. The number of carbonyl (C=O) groups is 1. The lowest BCUT2D eigenvalue weighted by Gasteiger charge is -2.26. The molecule has 0 aromatic heterocycles. The molecular weight excluding hydrogens is 356 g/mol. The van der Waals surface area contributed by atoms with Gasteiger partial charge in [0.15, 0.2) is 17.6 Å². The molecule has 1 fully saturated rings. The highest BCUT2D eigenvalue weighted by Gasteiger charge is 2.16. The topological polar surface area (TPSA) is 60.0 Å². The Hall–Kier alpha value is -2.57. The number of nitrogens with one attached hydrogen (secondary N) is 1. The van der Waals surface area contributed by atoms with Crippen molar-refractivity contribution in [2.75, 3.05) is 33.4 Å². The molecule has 6 heteroatoms. The van der Waals surface area contributed by atoms with E-state index < -0.39 is 6.10 Å². The zero-order chi connectivity index (χ0) is 19.8. The van der Waals surface area contributed by atoms with Gasteiger partial charge in [0, 0.05) is 26.2 Å². The average molecular weight is 384 g/mol. The molecule has 2 aromatic rings. The number of morpholine rings is 1. The maximum atomic E-state index is 12.4. The fourth-order valence-electron chi connectivity index (χ4n) is 3.15. The number of rotatable bonds is 8. The van der Waals surface area contributed by atoms with E-state index in [9.17, 15) is 4.79 Å². The van der Waals surface area contributed by atoms with E-state index in [0.717, 1.165) is 38.4 Å². The van der Waals surface area contributed by atoms with Gasteiger partial charge in [-0.05, 0) is 30.2 Å². The number of carbonyl (C=O) groups excluding carboxylic acids is 1. The zero-order valence-corrected chi connectivity index (χ0v) is 16.5. The van der Waals surface area contributed by atoms with Crippen LogP contribution in [0.15, 0.2) is 48.5 Å². The third-order valence-corrected chi connectivity index (χ3v) is 4.71. The molecule has 0 radical (unpaired) electrons. The lowest BCUT2D eigenvalue weighted by molar-refractivity contribution is -0.127. The summed E-state index contributed by atoms with van der Waals surface area (Å²) in [5.74, 6) is 1.00. The largest absolute Gasteiger partial charge is 0.493 e. The van der Waals surface area contributed by atoms with Gasteiger partial charge in [0.05, 0.1) is 20.3 Å². The Bertz CT molecular complexity index is 775. The van der Waals surface area contributed by atoms with Crippen LogP contribution in [-0.2, 0) is 22.6 Å². The first-order valence-corrected chi connectivity index (χ1v) is 9.61. The van der Waals surface area contributed by atoms with E-state index >= 15 is 0 Å². The second kappa shape index (κ2) is 10.1. The van der Waals surface area contributed by atoms with Crippen LogP contribution in [0.25, 0.3) is 0 Å². The molecule has 1 aliphatic heterocycles. The first-order chi connectivity index (χ1) is 13.7. The first-order valence-electron chi connectivity index (χ1n) is 9.61. The van der Waals surface area contributed by atoms with Crippen LogP contribution >= 0.6 is 0 Å². The maximum Gasteiger partial charge on any atom is 0.261 e. The van der Waals surface area contributed by atoms with Gasteiger partial charge in [0.2, 0.25) is 0 Å². The predicted molar refractivity (Wildman–Crippen MR) is 107 cm³/mol. The van der Waals surface area contributed by atoms with Crippen LogP contribution < -0.4 is 14.8 Å². The number of hydrogen-bond donors (Lipinski definition) is 1. The van der Waals surface area contributed by atoms with Gasteiger partial charge in [-0.2, -0.15) is 0 Å². The fraction of sp³-hybridized carbons (Fsp3) is 0.409. The van der Waals surface area contributed by atoms with Crippen molar-refractivity contribution in [1.29, 1.82) is 0 Å². The molecule has 2 aromatic carbocycles. The van der Waals surface area contributed by atoms with Gasteiger partial charge in [0.1, 0.15) is 0 Å². The minimum Gasteiger partial charge on any atom is -0.493 e. The van der Waals surface area contributed by atoms with E-state index in [1.165, 1.54) is 5.56 Å². The monoisotopic (exact) mass is 384 g/mol. The molecular formula is C22H28N2O4. The lowest BCUT2D eigenvalue weighted by Crippen LogP contribution is -2.36. The third-order valence-electron chi connectivity index (χ3n) is 4.71. The molecule has 1 heterocycles. The molecule has 0 saturated carbocycles. The second-order valence-electron chi connectivity index (χ2n) is 6.84. The van der Waals surface area contributed by atoms with E-state index in [1.807, 2.05) is 24.3 Å². The third kappa shape index (κ3) is 5.71. The van der Waals surface area contributed by atoms with Crippen molar-refractivity contribution in [3.63, 3.8) is 0 Å². The summed E-state index contributed by atoms with van der Waals surface area (Å²) in [6.07, 6.45) is -0.618. The summed E-state index contributed by atoms with van der Waals surface area (Å²) >= 11 is 0. The van der Waals surface area contributed by atoms with E-state index in [2.05, 4.69) is 22.3 Å². The highest BCUT2D eigenvalue weighted by Crippen LogP contribution is 2.26. The number of hydrogen-bond acceptors (Lipinski definition) is 5. The lowest BCUT2D eigenvalue weighted by atomic mass is 10.1. The number of para-hydroxylation sites is 2. The average Bonchev–Trinajstić information content (AvgIpc) is 2.73. The molecule has 0 bridgehead atoms. The molecule has 6 nitrogen and oxygen atoms in total. The summed E-state index contributed by atoms with van der Waals surface area (Å²) in [7, 11) is 1.58. The van der Waals surface area contributed by atoms with Gasteiger partial charge >= 0.3 is 0 Å². The SMILES string of the molecule is COc1ccccc1OC(C)C(=O)NCc1cccc(CN2CCOCC2)c1. The van der Waals surface area contributed by atoms with Crippen LogP contribution in [0.4, 0.5) is 0 Å². The number of benzene rings is 2. The van der Waals surface area contributed by atoms with Gasteiger partial charge in [-0.3, -0.25) is 9.69 Å². The highest BCUT2D eigenvalue weighted by atomic mass is 16.5. The van der Waals surface area contributed by atoms with Crippen LogP contribution in [0.5, 0.6) is 11.5 Å². The molecule has 1 amide bonds. The van der Waals surface area contributed by atoms with Crippen molar-refractivity contribution in [3.8, 4) is 11.5 Å². The summed E-state index contributed by atoms with van der Waals surface area (Å²) in [6.45, 7) is 6.60. The van der Waals surface area contributed by atoms with Crippen molar-refractivity contribution in [3.05, 3.63) is 59.7 Å². The number of nitrogens with zero attached hydrogens (tertiary/aromatic N) is 1. The van der Waals surface area contributed by atoms with Gasteiger partial charge in [-0.25, -0.2) is 0 Å². The first kappa shape index (κ1) is 20.2. The van der Waals surface area contributed by atoms with Crippen molar-refractivity contribution in [2.45, 2.75) is 26.1 Å². The highest BCUT2D eigenvalue weighted by molar-refractivity contribution is 5.80. The Balaban J connectivity index is 1.51. The predicted octanol–water partition coefficient (Wildman–Crippen LogP) is 2.61. The molecule has 0 aliphatic carbocycles. The van der Waals surface area contributed by atoms with Crippen molar-refractivity contribution in [2.24, 2.45) is 0 Å². The van der Waals surface area contributed by atoms with Crippen LogP contribution in [0.3, 0.4) is 0 Å². The number of amides is 1. The minimum atomic E-state index is -0.618. The van der Waals surface area contributed by atoms with Gasteiger partial charge in [-0.1, -0.05) is 36.4 Å². The van der Waals surface area contributed by atoms with E-state index in [-0.39, 0.29) is 5.91 Å². The van der Waals surface area contributed by atoms with Crippen LogP contribution in [0.1, 0.15) is 18.1 Å². The molecule has 1 N–H and O–H groups in total. The molecule has 1 aliphatic rings. The minimum absolute atomic E-state index is 0.163. The van der Waals surface area contributed by atoms with Gasteiger partial charge in [-0.15, -0.1) is 0 Å². The van der Waals surface area contributed by atoms with Crippen molar-refractivity contribution in [1.82, 2.24) is 10.2 Å². The summed E-state index contributed by atoms with van der Waals surface area (Å²) in [6, 6.07) is 15.6.